The first-order valence-electron chi connectivity index (χ1n) is 5.94. The molecule has 100 valence electrons. The van der Waals surface area contributed by atoms with E-state index < -0.39 is 0 Å². The molecule has 2 rings (SSSR count). The van der Waals surface area contributed by atoms with Gasteiger partial charge in [-0.2, -0.15) is 0 Å². The van der Waals surface area contributed by atoms with E-state index in [1.54, 1.807) is 12.4 Å². The second-order valence-electron chi connectivity index (χ2n) is 4.42. The Labute approximate surface area is 126 Å². The van der Waals surface area contributed by atoms with Crippen molar-refractivity contribution in [2.24, 2.45) is 0 Å². The second-order valence-corrected chi connectivity index (χ2v) is 5.60. The fourth-order valence-electron chi connectivity index (χ4n) is 1.64. The zero-order valence-electron chi connectivity index (χ0n) is 10.7. The number of alkyl halides is 1. The van der Waals surface area contributed by atoms with Crippen molar-refractivity contribution in [3.63, 3.8) is 0 Å². The van der Waals surface area contributed by atoms with Crippen molar-refractivity contribution in [1.29, 1.82) is 0 Å². The number of nitrogens with zero attached hydrogens (tertiary/aromatic N) is 2. The Kier molecular flexibility index (Phi) is 4.77. The lowest BCUT2D eigenvalue weighted by atomic mass is 10.0. The molecule has 1 heterocycles. The first kappa shape index (κ1) is 14.3. The van der Waals surface area contributed by atoms with Crippen LogP contribution >= 0.6 is 27.5 Å². The molecule has 3 nitrogen and oxygen atoms in total. The highest BCUT2D eigenvalue weighted by Crippen LogP contribution is 2.32. The van der Waals surface area contributed by atoms with Gasteiger partial charge in [-0.3, -0.25) is 4.98 Å². The number of halogens is 2. The molecule has 2 aromatic rings. The first-order valence-corrected chi connectivity index (χ1v) is 7.27. The van der Waals surface area contributed by atoms with Crippen molar-refractivity contribution < 1.29 is 4.74 Å². The Hall–Kier alpha value is -1.13. The van der Waals surface area contributed by atoms with Crippen LogP contribution in [0.5, 0.6) is 11.6 Å². The van der Waals surface area contributed by atoms with Crippen molar-refractivity contribution in [2.75, 3.05) is 0 Å². The Bertz CT molecular complexity index is 558. The highest BCUT2D eigenvalue weighted by Gasteiger charge is 2.10. The molecule has 0 saturated carbocycles. The summed E-state index contributed by atoms with van der Waals surface area (Å²) in [5.41, 5.74) is 1.85. The number of hydrogen-bond donors (Lipinski definition) is 0. The number of aromatic nitrogens is 2. The molecule has 1 aromatic carbocycles. The molecule has 0 aliphatic carbocycles. The maximum absolute atomic E-state index is 5.79. The monoisotopic (exact) mass is 340 g/mol. The standard InChI is InChI=1S/C14H14BrClN2O/c1-9(2)12-5-10(15)3-4-13(12)19-14-8-17-11(6-16)7-18-14/h3-5,7-9H,6H2,1-2H3. The number of benzene rings is 1. The summed E-state index contributed by atoms with van der Waals surface area (Å²) in [6.45, 7) is 4.24. The molecule has 19 heavy (non-hydrogen) atoms. The van der Waals surface area contributed by atoms with Gasteiger partial charge in [-0.1, -0.05) is 29.8 Å². The molecule has 0 amide bonds. The molecule has 0 bridgehead atoms. The van der Waals surface area contributed by atoms with Crippen LogP contribution in [0.25, 0.3) is 0 Å². The van der Waals surface area contributed by atoms with Gasteiger partial charge in [0.2, 0.25) is 5.88 Å². The van der Waals surface area contributed by atoms with Gasteiger partial charge < -0.3 is 4.74 Å². The molecule has 0 radical (unpaired) electrons. The van der Waals surface area contributed by atoms with Crippen LogP contribution in [0.2, 0.25) is 0 Å². The van der Waals surface area contributed by atoms with Gasteiger partial charge >= 0.3 is 0 Å². The Morgan fingerprint density at radius 2 is 2.05 bits per heavy atom. The van der Waals surface area contributed by atoms with Crippen molar-refractivity contribution in [3.8, 4) is 11.6 Å². The third-order valence-corrected chi connectivity index (χ3v) is 3.39. The first-order chi connectivity index (χ1) is 9.10. The van der Waals surface area contributed by atoms with Crippen molar-refractivity contribution >= 4 is 27.5 Å². The molecular formula is C14H14BrClN2O. The summed E-state index contributed by atoms with van der Waals surface area (Å²) in [5, 5.41) is 0. The minimum Gasteiger partial charge on any atom is -0.437 e. The molecule has 0 fully saturated rings. The molecule has 0 aliphatic rings. The van der Waals surface area contributed by atoms with E-state index in [0.717, 1.165) is 21.5 Å². The fourth-order valence-corrected chi connectivity index (χ4v) is 2.16. The molecule has 0 aliphatic heterocycles. The summed E-state index contributed by atoms with van der Waals surface area (Å²) in [6, 6.07) is 5.93. The fraction of sp³-hybridized carbons (Fsp3) is 0.286. The van der Waals surface area contributed by atoms with Gasteiger partial charge in [0.15, 0.2) is 0 Å². The largest absolute Gasteiger partial charge is 0.437 e. The lowest BCUT2D eigenvalue weighted by molar-refractivity contribution is 0.451. The Morgan fingerprint density at radius 3 is 2.63 bits per heavy atom. The van der Waals surface area contributed by atoms with E-state index in [1.165, 1.54) is 0 Å². The highest BCUT2D eigenvalue weighted by atomic mass is 79.9. The summed E-state index contributed by atoms with van der Waals surface area (Å²) in [4.78, 5) is 8.34. The number of ether oxygens (including phenoxy) is 1. The molecule has 0 atom stereocenters. The summed E-state index contributed by atoms with van der Waals surface area (Å²) in [7, 11) is 0. The average Bonchev–Trinajstić information content (AvgIpc) is 2.41. The van der Waals surface area contributed by atoms with E-state index in [0.29, 0.717) is 17.7 Å². The smallest absolute Gasteiger partial charge is 0.237 e. The predicted molar refractivity (Wildman–Crippen MR) is 79.9 cm³/mol. The Morgan fingerprint density at radius 1 is 1.26 bits per heavy atom. The van der Waals surface area contributed by atoms with Crippen LogP contribution < -0.4 is 4.74 Å². The van der Waals surface area contributed by atoms with Crippen LogP contribution in [0, 0.1) is 0 Å². The van der Waals surface area contributed by atoms with Crippen molar-refractivity contribution in [2.45, 2.75) is 25.6 Å². The zero-order chi connectivity index (χ0) is 13.8. The molecule has 1 aromatic heterocycles. The molecule has 5 heteroatoms. The Balaban J connectivity index is 2.26. The van der Waals surface area contributed by atoms with E-state index in [2.05, 4.69) is 45.8 Å². The van der Waals surface area contributed by atoms with Crippen LogP contribution in [-0.4, -0.2) is 9.97 Å². The van der Waals surface area contributed by atoms with Gasteiger partial charge in [-0.15, -0.1) is 11.6 Å². The topological polar surface area (TPSA) is 35.0 Å². The van der Waals surface area contributed by atoms with Crippen LogP contribution in [0.15, 0.2) is 35.1 Å². The molecule has 0 N–H and O–H groups in total. The van der Waals surface area contributed by atoms with Crippen LogP contribution in [0.1, 0.15) is 31.0 Å². The van der Waals surface area contributed by atoms with Gasteiger partial charge in [-0.25, -0.2) is 4.98 Å². The van der Waals surface area contributed by atoms with Crippen molar-refractivity contribution in [1.82, 2.24) is 9.97 Å². The lowest BCUT2D eigenvalue weighted by Gasteiger charge is -2.13. The highest BCUT2D eigenvalue weighted by molar-refractivity contribution is 9.10. The second kappa shape index (κ2) is 6.35. The van der Waals surface area contributed by atoms with Crippen molar-refractivity contribution in [3.05, 3.63) is 46.3 Å². The van der Waals surface area contributed by atoms with Gasteiger partial charge in [-0.05, 0) is 29.7 Å². The third kappa shape index (κ3) is 3.67. The normalized spacial score (nSPS) is 10.8. The van der Waals surface area contributed by atoms with Crippen LogP contribution in [-0.2, 0) is 5.88 Å². The summed E-state index contributed by atoms with van der Waals surface area (Å²) in [6.07, 6.45) is 3.21. The lowest BCUT2D eigenvalue weighted by Crippen LogP contribution is -1.97. The predicted octanol–water partition coefficient (Wildman–Crippen LogP) is 4.89. The van der Waals surface area contributed by atoms with E-state index in [9.17, 15) is 0 Å². The van der Waals surface area contributed by atoms with Gasteiger partial charge in [0.25, 0.3) is 0 Å². The maximum Gasteiger partial charge on any atom is 0.237 e. The van der Waals surface area contributed by atoms with Crippen LogP contribution in [0.3, 0.4) is 0 Å². The van der Waals surface area contributed by atoms with E-state index in [-0.39, 0.29) is 0 Å². The maximum atomic E-state index is 5.79. The van der Waals surface area contributed by atoms with E-state index in [4.69, 9.17) is 16.3 Å². The van der Waals surface area contributed by atoms with Crippen LogP contribution in [0.4, 0.5) is 0 Å². The SMILES string of the molecule is CC(C)c1cc(Br)ccc1Oc1cnc(CCl)cn1. The minimum absolute atomic E-state index is 0.350. The van der Waals surface area contributed by atoms with E-state index in [1.807, 2.05) is 12.1 Å². The third-order valence-electron chi connectivity index (χ3n) is 2.63. The number of rotatable bonds is 4. The summed E-state index contributed by atoms with van der Waals surface area (Å²) < 4.78 is 6.82. The minimum atomic E-state index is 0.350. The zero-order valence-corrected chi connectivity index (χ0v) is 13.1. The molecule has 0 saturated heterocycles. The molecular weight excluding hydrogens is 328 g/mol. The molecule has 0 unspecified atom stereocenters. The summed E-state index contributed by atoms with van der Waals surface area (Å²) in [5.74, 6) is 1.98. The summed E-state index contributed by atoms with van der Waals surface area (Å²) >= 11 is 9.15. The quantitative estimate of drug-likeness (QED) is 0.742. The van der Waals surface area contributed by atoms with Gasteiger partial charge in [0, 0.05) is 4.47 Å². The van der Waals surface area contributed by atoms with Gasteiger partial charge in [0.1, 0.15) is 5.75 Å². The number of hydrogen-bond acceptors (Lipinski definition) is 3. The molecule has 0 spiro atoms. The average molecular weight is 342 g/mol. The van der Waals surface area contributed by atoms with Gasteiger partial charge in [0.05, 0.1) is 24.0 Å². The van der Waals surface area contributed by atoms with E-state index >= 15 is 0 Å².